The zero-order valence-corrected chi connectivity index (χ0v) is 17.6. The summed E-state index contributed by atoms with van der Waals surface area (Å²) in [5.41, 5.74) is 0.901. The number of aliphatic hydroxyl groups is 1. The van der Waals surface area contributed by atoms with Crippen molar-refractivity contribution in [3.05, 3.63) is 70.3 Å². The van der Waals surface area contributed by atoms with Gasteiger partial charge in [-0.25, -0.2) is 0 Å². The molecule has 2 N–H and O–H groups in total. The molecule has 2 aromatic rings. The van der Waals surface area contributed by atoms with Crippen LogP contribution in [-0.4, -0.2) is 46.1 Å². The van der Waals surface area contributed by atoms with Gasteiger partial charge in [-0.3, -0.25) is 9.59 Å². The lowest BCUT2D eigenvalue weighted by Gasteiger charge is -2.25. The molecular weight excluding hydrogens is 406 g/mol. The summed E-state index contributed by atoms with van der Waals surface area (Å²) in [4.78, 5) is 27.1. The molecule has 1 aliphatic heterocycles. The van der Waals surface area contributed by atoms with Gasteiger partial charge in [-0.05, 0) is 62.2 Å². The lowest BCUT2D eigenvalue weighted by molar-refractivity contribution is -0.140. The van der Waals surface area contributed by atoms with Crippen molar-refractivity contribution in [1.82, 2.24) is 4.90 Å². The highest BCUT2D eigenvalue weighted by molar-refractivity contribution is 6.46. The van der Waals surface area contributed by atoms with Crippen molar-refractivity contribution in [3.63, 3.8) is 0 Å². The number of halogens is 1. The maximum atomic E-state index is 12.9. The van der Waals surface area contributed by atoms with Crippen molar-refractivity contribution in [2.45, 2.75) is 32.4 Å². The molecule has 158 valence electrons. The number of benzene rings is 2. The molecule has 7 heteroatoms. The minimum Gasteiger partial charge on any atom is -0.508 e. The highest BCUT2D eigenvalue weighted by atomic mass is 35.5. The molecule has 0 aliphatic carbocycles. The zero-order valence-electron chi connectivity index (χ0n) is 16.8. The Hall–Kier alpha value is -2.83. The minimum absolute atomic E-state index is 0.00715. The fraction of sp³-hybridized carbons (Fsp3) is 0.304. The Labute approximate surface area is 180 Å². The summed E-state index contributed by atoms with van der Waals surface area (Å²) >= 11 is 5.92. The van der Waals surface area contributed by atoms with Crippen LogP contribution in [0.25, 0.3) is 5.76 Å². The number of ether oxygens (including phenoxy) is 1. The van der Waals surface area contributed by atoms with E-state index in [1.807, 2.05) is 13.8 Å². The molecule has 1 amide bonds. The minimum atomic E-state index is -0.813. The van der Waals surface area contributed by atoms with Crippen LogP contribution in [-0.2, 0) is 14.3 Å². The first kappa shape index (κ1) is 21.9. The molecule has 6 nitrogen and oxygen atoms in total. The number of phenols is 1. The molecule has 0 saturated carbocycles. The fourth-order valence-corrected chi connectivity index (χ4v) is 3.60. The Bertz CT molecular complexity index is 968. The molecule has 1 aliphatic rings. The molecule has 0 unspecified atom stereocenters. The van der Waals surface area contributed by atoms with E-state index in [1.165, 1.54) is 17.0 Å². The lowest BCUT2D eigenvalue weighted by Crippen LogP contribution is -2.31. The zero-order chi connectivity index (χ0) is 21.8. The van der Waals surface area contributed by atoms with Gasteiger partial charge in [0.05, 0.1) is 17.7 Å². The first-order valence-electron chi connectivity index (χ1n) is 9.74. The Morgan fingerprint density at radius 3 is 2.50 bits per heavy atom. The third-order valence-corrected chi connectivity index (χ3v) is 5.09. The van der Waals surface area contributed by atoms with Gasteiger partial charge in [0.15, 0.2) is 0 Å². The predicted octanol–water partition coefficient (Wildman–Crippen LogP) is 4.28. The summed E-state index contributed by atoms with van der Waals surface area (Å²) in [5, 5.41) is 21.3. The highest BCUT2D eigenvalue weighted by Gasteiger charge is 2.45. The van der Waals surface area contributed by atoms with Crippen LogP contribution in [0.3, 0.4) is 0 Å². The summed E-state index contributed by atoms with van der Waals surface area (Å²) in [6, 6.07) is 11.9. The largest absolute Gasteiger partial charge is 0.508 e. The summed E-state index contributed by atoms with van der Waals surface area (Å²) in [7, 11) is 0. The van der Waals surface area contributed by atoms with Crippen molar-refractivity contribution in [1.29, 1.82) is 0 Å². The van der Waals surface area contributed by atoms with E-state index in [1.54, 1.807) is 36.4 Å². The predicted molar refractivity (Wildman–Crippen MR) is 114 cm³/mol. The van der Waals surface area contributed by atoms with Gasteiger partial charge in [0, 0.05) is 23.7 Å². The second kappa shape index (κ2) is 9.32. The van der Waals surface area contributed by atoms with Crippen molar-refractivity contribution in [2.24, 2.45) is 0 Å². The first-order chi connectivity index (χ1) is 14.3. The summed E-state index contributed by atoms with van der Waals surface area (Å²) < 4.78 is 5.54. The fourth-order valence-electron chi connectivity index (χ4n) is 3.47. The summed E-state index contributed by atoms with van der Waals surface area (Å²) in [6.07, 6.45) is 0.591. The van der Waals surface area contributed by atoms with Crippen molar-refractivity contribution in [3.8, 4) is 5.75 Å². The molecule has 2 aromatic carbocycles. The van der Waals surface area contributed by atoms with E-state index in [0.29, 0.717) is 29.2 Å². The van der Waals surface area contributed by atoms with Crippen molar-refractivity contribution in [2.75, 3.05) is 13.2 Å². The van der Waals surface area contributed by atoms with Gasteiger partial charge >= 0.3 is 0 Å². The second-order valence-corrected chi connectivity index (χ2v) is 7.80. The molecule has 1 fully saturated rings. The Morgan fingerprint density at radius 2 is 1.87 bits per heavy atom. The number of carbonyl (C=O) groups excluding carboxylic acids is 2. The van der Waals surface area contributed by atoms with E-state index in [9.17, 15) is 19.8 Å². The molecule has 3 rings (SSSR count). The van der Waals surface area contributed by atoms with Crippen LogP contribution in [0, 0.1) is 0 Å². The quantitative estimate of drug-likeness (QED) is 0.297. The number of hydrogen-bond acceptors (Lipinski definition) is 5. The molecule has 0 bridgehead atoms. The Balaban J connectivity index is 2.03. The number of aromatic hydroxyl groups is 1. The van der Waals surface area contributed by atoms with Crippen LogP contribution in [0.4, 0.5) is 0 Å². The normalized spacial score (nSPS) is 18.4. The number of ketones is 1. The topological polar surface area (TPSA) is 87.1 Å². The highest BCUT2D eigenvalue weighted by Crippen LogP contribution is 2.40. The number of carbonyl (C=O) groups is 2. The number of aliphatic hydroxyl groups excluding tert-OH is 1. The number of hydrogen-bond donors (Lipinski definition) is 2. The Morgan fingerprint density at radius 1 is 1.17 bits per heavy atom. The summed E-state index contributed by atoms with van der Waals surface area (Å²) in [6.45, 7) is 4.55. The smallest absolute Gasteiger partial charge is 0.295 e. The molecule has 1 atom stereocenters. The number of rotatable bonds is 7. The Kier molecular flexibility index (Phi) is 6.80. The molecule has 1 heterocycles. The van der Waals surface area contributed by atoms with Crippen LogP contribution in [0.2, 0.25) is 5.02 Å². The van der Waals surface area contributed by atoms with E-state index in [4.69, 9.17) is 16.3 Å². The van der Waals surface area contributed by atoms with E-state index in [-0.39, 0.29) is 29.7 Å². The van der Waals surface area contributed by atoms with Gasteiger partial charge in [0.1, 0.15) is 11.5 Å². The molecular formula is C23H24ClNO5. The number of nitrogens with zero attached hydrogens (tertiary/aromatic N) is 1. The third-order valence-electron chi connectivity index (χ3n) is 4.84. The lowest BCUT2D eigenvalue weighted by atomic mass is 9.95. The van der Waals surface area contributed by atoms with Crippen molar-refractivity contribution >= 4 is 29.1 Å². The van der Waals surface area contributed by atoms with Gasteiger partial charge in [0.2, 0.25) is 0 Å². The van der Waals surface area contributed by atoms with Gasteiger partial charge < -0.3 is 19.8 Å². The molecule has 0 spiro atoms. The monoisotopic (exact) mass is 429 g/mol. The average molecular weight is 430 g/mol. The average Bonchev–Trinajstić information content (AvgIpc) is 2.96. The van der Waals surface area contributed by atoms with Gasteiger partial charge in [-0.2, -0.15) is 0 Å². The van der Waals surface area contributed by atoms with Gasteiger partial charge in [-0.1, -0.05) is 23.7 Å². The first-order valence-corrected chi connectivity index (χ1v) is 10.1. The number of phenolic OH excluding ortho intramolecular Hbond substituents is 1. The van der Waals surface area contributed by atoms with E-state index >= 15 is 0 Å². The number of Topliss-reactive ketones (excluding diaryl/α,β-unsaturated/α-hetero) is 1. The van der Waals surface area contributed by atoms with Crippen LogP contribution in [0.1, 0.15) is 37.4 Å². The van der Waals surface area contributed by atoms with E-state index < -0.39 is 17.7 Å². The van der Waals surface area contributed by atoms with Crippen molar-refractivity contribution < 1.29 is 24.5 Å². The second-order valence-electron chi connectivity index (χ2n) is 7.37. The third kappa shape index (κ3) is 4.66. The SMILES string of the molecule is CC(C)OCCCN1C(=O)C(=O)C(=C(O)c2ccc(Cl)cc2)[C@@H]1c1cccc(O)c1. The van der Waals surface area contributed by atoms with E-state index in [0.717, 1.165) is 0 Å². The van der Waals surface area contributed by atoms with Crippen LogP contribution < -0.4 is 0 Å². The van der Waals surface area contributed by atoms with Gasteiger partial charge in [-0.15, -0.1) is 0 Å². The standard InChI is InChI=1S/C23H24ClNO5/c1-14(2)30-12-4-11-25-20(16-5-3-6-18(26)13-16)19(22(28)23(25)29)21(27)15-7-9-17(24)10-8-15/h3,5-10,13-14,20,26-27H,4,11-12H2,1-2H3/t20-/m0/s1. The van der Waals surface area contributed by atoms with Gasteiger partial charge in [0.25, 0.3) is 11.7 Å². The summed E-state index contributed by atoms with van der Waals surface area (Å²) in [5.74, 6) is -1.73. The molecule has 30 heavy (non-hydrogen) atoms. The number of likely N-dealkylation sites (tertiary alicyclic amines) is 1. The van der Waals surface area contributed by atoms with Crippen LogP contribution in [0.5, 0.6) is 5.75 Å². The molecule has 0 aromatic heterocycles. The van der Waals surface area contributed by atoms with Crippen LogP contribution >= 0.6 is 11.6 Å². The maximum Gasteiger partial charge on any atom is 0.295 e. The molecule has 0 radical (unpaired) electrons. The number of amides is 1. The maximum absolute atomic E-state index is 12.9. The molecule has 1 saturated heterocycles. The van der Waals surface area contributed by atoms with Crippen LogP contribution in [0.15, 0.2) is 54.1 Å². The van der Waals surface area contributed by atoms with E-state index in [2.05, 4.69) is 0 Å².